The molecule has 0 bridgehead atoms. The second-order valence-electron chi connectivity index (χ2n) is 9.44. The maximum atomic E-state index is 14.0. The van der Waals surface area contributed by atoms with Crippen molar-refractivity contribution in [3.8, 4) is 17.2 Å². The zero-order valence-electron chi connectivity index (χ0n) is 22.5. The summed E-state index contributed by atoms with van der Waals surface area (Å²) < 4.78 is 17.5. The summed E-state index contributed by atoms with van der Waals surface area (Å²) in [5.74, 6) is 0.375. The molecule has 5 rings (SSSR count). The van der Waals surface area contributed by atoms with Gasteiger partial charge in [-0.1, -0.05) is 43.7 Å². The van der Waals surface area contributed by atoms with Crippen molar-refractivity contribution >= 4 is 23.2 Å². The van der Waals surface area contributed by atoms with Crippen LogP contribution in [0.3, 0.4) is 0 Å². The van der Waals surface area contributed by atoms with Gasteiger partial charge in [-0.2, -0.15) is 0 Å². The molecule has 3 aromatic rings. The van der Waals surface area contributed by atoms with Crippen molar-refractivity contribution in [2.24, 2.45) is 5.92 Å². The van der Waals surface area contributed by atoms with Gasteiger partial charge in [0.15, 0.2) is 17.6 Å². The molecule has 0 radical (unpaired) electrons. The maximum absolute atomic E-state index is 14.0. The third-order valence-corrected chi connectivity index (χ3v) is 6.88. The number of imide groups is 1. The fourth-order valence-corrected chi connectivity index (χ4v) is 5.11. The van der Waals surface area contributed by atoms with E-state index < -0.39 is 24.0 Å². The summed E-state index contributed by atoms with van der Waals surface area (Å²) in [5, 5.41) is 1.68. The Morgan fingerprint density at radius 3 is 2.28 bits per heavy atom. The first-order valence-corrected chi connectivity index (χ1v) is 13.6. The van der Waals surface area contributed by atoms with Crippen molar-refractivity contribution in [1.82, 2.24) is 0 Å². The summed E-state index contributed by atoms with van der Waals surface area (Å²) in [6.45, 7) is 7.45. The molecule has 0 unspecified atom stereocenters. The summed E-state index contributed by atoms with van der Waals surface area (Å²) in [5.41, 5.74) is 2.01. The Morgan fingerprint density at radius 2 is 1.54 bits per heavy atom. The number of ether oxygens (including phenoxy) is 3. The van der Waals surface area contributed by atoms with Crippen molar-refractivity contribution in [1.29, 1.82) is 0 Å². The van der Waals surface area contributed by atoms with Gasteiger partial charge in [0.1, 0.15) is 11.7 Å². The number of anilines is 2. The molecule has 3 aromatic carbocycles. The standard InChI is InChI=1S/C31H34N2O6/c1-4-7-18-38-25-17-16-21(19-26(25)37-6-3)28-27-29(39-33(28)22-12-9-8-10-13-22)31(35)32(30(27)34)23-14-11-15-24(20-23)36-5-2/h8-17,19-20,27-29H,4-7,18H2,1-3H3/t27-,28-,29+/m0/s1. The molecule has 2 heterocycles. The number of carbonyl (C=O) groups is 2. The van der Waals surface area contributed by atoms with Crippen LogP contribution in [0.1, 0.15) is 45.2 Å². The minimum absolute atomic E-state index is 0.316. The lowest BCUT2D eigenvalue weighted by Gasteiger charge is -2.29. The normalized spacial score (nSPS) is 20.3. The second kappa shape index (κ2) is 11.8. The lowest BCUT2D eigenvalue weighted by atomic mass is 9.90. The van der Waals surface area contributed by atoms with Gasteiger partial charge in [-0.15, -0.1) is 0 Å². The highest BCUT2D eigenvalue weighted by molar-refractivity contribution is 6.24. The van der Waals surface area contributed by atoms with Crippen molar-refractivity contribution < 1.29 is 28.6 Å². The van der Waals surface area contributed by atoms with E-state index >= 15 is 0 Å². The Balaban J connectivity index is 1.54. The van der Waals surface area contributed by atoms with Crippen LogP contribution in [0.25, 0.3) is 0 Å². The lowest BCUT2D eigenvalue weighted by Crippen LogP contribution is -2.37. The van der Waals surface area contributed by atoms with Gasteiger partial charge in [0.2, 0.25) is 5.91 Å². The van der Waals surface area contributed by atoms with Gasteiger partial charge < -0.3 is 14.2 Å². The number of hydroxylamine groups is 1. The van der Waals surface area contributed by atoms with Crippen LogP contribution in [0.5, 0.6) is 17.2 Å². The first kappa shape index (κ1) is 26.6. The van der Waals surface area contributed by atoms with Crippen LogP contribution in [0.15, 0.2) is 72.8 Å². The summed E-state index contributed by atoms with van der Waals surface area (Å²) in [4.78, 5) is 35.1. The number of nitrogens with zero attached hydrogens (tertiary/aromatic N) is 2. The molecule has 0 aliphatic carbocycles. The topological polar surface area (TPSA) is 77.5 Å². The molecule has 2 aliphatic heterocycles. The summed E-state index contributed by atoms with van der Waals surface area (Å²) in [6.07, 6.45) is 0.998. The number of unbranched alkanes of at least 4 members (excludes halogenated alkanes) is 1. The molecule has 204 valence electrons. The van der Waals surface area contributed by atoms with E-state index in [1.54, 1.807) is 29.3 Å². The molecule has 2 amide bonds. The first-order chi connectivity index (χ1) is 19.1. The number of benzene rings is 3. The molecule has 3 atom stereocenters. The van der Waals surface area contributed by atoms with Gasteiger partial charge in [0.25, 0.3) is 5.91 Å². The van der Waals surface area contributed by atoms with Crippen LogP contribution in [0.2, 0.25) is 0 Å². The Bertz CT molecular complexity index is 1310. The van der Waals surface area contributed by atoms with Crippen LogP contribution >= 0.6 is 0 Å². The van der Waals surface area contributed by atoms with Crippen LogP contribution in [-0.2, 0) is 14.4 Å². The summed E-state index contributed by atoms with van der Waals surface area (Å²) >= 11 is 0. The van der Waals surface area contributed by atoms with Crippen molar-refractivity contribution in [3.05, 3.63) is 78.4 Å². The van der Waals surface area contributed by atoms with Gasteiger partial charge in [-0.25, -0.2) is 9.96 Å². The largest absolute Gasteiger partial charge is 0.494 e. The predicted octanol–water partition coefficient (Wildman–Crippen LogP) is 5.71. The smallest absolute Gasteiger partial charge is 0.266 e. The highest BCUT2D eigenvalue weighted by atomic mass is 16.7. The van der Waals surface area contributed by atoms with E-state index in [1.165, 1.54) is 4.90 Å². The van der Waals surface area contributed by atoms with Gasteiger partial charge in [-0.05, 0) is 62.2 Å². The summed E-state index contributed by atoms with van der Waals surface area (Å²) in [6, 6.07) is 21.7. The molecule has 0 N–H and O–H groups in total. The molecular weight excluding hydrogens is 496 g/mol. The zero-order chi connectivity index (χ0) is 27.4. The van der Waals surface area contributed by atoms with Gasteiger partial charge in [0.05, 0.1) is 37.2 Å². The van der Waals surface area contributed by atoms with E-state index in [4.69, 9.17) is 19.0 Å². The molecular formula is C31H34N2O6. The molecule has 2 fully saturated rings. The van der Waals surface area contributed by atoms with Crippen molar-refractivity contribution in [3.63, 3.8) is 0 Å². The summed E-state index contributed by atoms with van der Waals surface area (Å²) in [7, 11) is 0. The van der Waals surface area contributed by atoms with Crippen LogP contribution < -0.4 is 24.2 Å². The molecule has 8 heteroatoms. The van der Waals surface area contributed by atoms with Gasteiger partial charge >= 0.3 is 0 Å². The Morgan fingerprint density at radius 1 is 0.769 bits per heavy atom. The SMILES string of the molecule is CCCCOc1ccc([C@H]2[C@@H]3C(=O)N(c4cccc(OCC)c4)C(=O)[C@@H]3ON2c2ccccc2)cc1OCC. The number of hydrogen-bond donors (Lipinski definition) is 0. The first-order valence-electron chi connectivity index (χ1n) is 13.6. The van der Waals surface area contributed by atoms with Crippen LogP contribution in [0.4, 0.5) is 11.4 Å². The second-order valence-corrected chi connectivity index (χ2v) is 9.44. The molecule has 2 aliphatic rings. The lowest BCUT2D eigenvalue weighted by molar-refractivity contribution is -0.126. The number of para-hydroxylation sites is 1. The number of fused-ring (bicyclic) bond motifs is 1. The van der Waals surface area contributed by atoms with E-state index in [2.05, 4.69) is 6.92 Å². The number of hydrogen-bond acceptors (Lipinski definition) is 7. The zero-order valence-corrected chi connectivity index (χ0v) is 22.5. The Labute approximate surface area is 229 Å². The van der Waals surface area contributed by atoms with E-state index in [-0.39, 0.29) is 5.91 Å². The minimum atomic E-state index is -0.963. The molecule has 8 nitrogen and oxygen atoms in total. The minimum Gasteiger partial charge on any atom is -0.494 e. The van der Waals surface area contributed by atoms with E-state index in [9.17, 15) is 9.59 Å². The maximum Gasteiger partial charge on any atom is 0.266 e. The molecule has 0 saturated carbocycles. The van der Waals surface area contributed by atoms with Crippen LogP contribution in [-0.4, -0.2) is 37.7 Å². The van der Waals surface area contributed by atoms with Crippen molar-refractivity contribution in [2.45, 2.75) is 45.8 Å². The molecule has 0 aromatic heterocycles. The number of carbonyl (C=O) groups excluding carboxylic acids is 2. The molecule has 39 heavy (non-hydrogen) atoms. The van der Waals surface area contributed by atoms with E-state index in [0.29, 0.717) is 42.8 Å². The average molecular weight is 531 g/mol. The fourth-order valence-electron chi connectivity index (χ4n) is 5.11. The highest BCUT2D eigenvalue weighted by Crippen LogP contribution is 2.49. The molecule has 0 spiro atoms. The third kappa shape index (κ3) is 5.16. The molecule has 2 saturated heterocycles. The predicted molar refractivity (Wildman–Crippen MR) is 148 cm³/mol. The van der Waals surface area contributed by atoms with Gasteiger partial charge in [-0.3, -0.25) is 14.4 Å². The number of rotatable bonds is 11. The van der Waals surface area contributed by atoms with Crippen LogP contribution in [0, 0.1) is 5.92 Å². The number of amides is 2. The van der Waals surface area contributed by atoms with Gasteiger partial charge in [0, 0.05) is 6.07 Å². The third-order valence-electron chi connectivity index (χ3n) is 6.88. The highest BCUT2D eigenvalue weighted by Gasteiger charge is 2.60. The van der Waals surface area contributed by atoms with E-state index in [0.717, 1.165) is 24.1 Å². The Kier molecular flexibility index (Phi) is 8.02. The quantitative estimate of drug-likeness (QED) is 0.232. The fraction of sp³-hybridized carbons (Fsp3) is 0.355. The van der Waals surface area contributed by atoms with E-state index in [1.807, 2.05) is 62.4 Å². The average Bonchev–Trinajstić information content (AvgIpc) is 3.46. The van der Waals surface area contributed by atoms with Crippen molar-refractivity contribution in [2.75, 3.05) is 29.8 Å². The Hall–Kier alpha value is -4.04. The monoisotopic (exact) mass is 530 g/mol.